The van der Waals surface area contributed by atoms with Crippen LogP contribution in [0.4, 0.5) is 5.69 Å². The standard InChI is InChI=1S/C13H18N2OS/c1-13(2,3)9-4-6-10(7-5-9)15-12(16)8-11(14)17/h4-7H,8H2,1-3H3,(H2,14,17)(H,15,16). The maximum Gasteiger partial charge on any atom is 0.231 e. The lowest BCUT2D eigenvalue weighted by Crippen LogP contribution is -2.20. The number of hydrogen-bond acceptors (Lipinski definition) is 2. The Morgan fingerprint density at radius 3 is 2.24 bits per heavy atom. The van der Waals surface area contributed by atoms with Crippen molar-refractivity contribution in [1.82, 2.24) is 0 Å². The Hall–Kier alpha value is -1.42. The molecule has 1 amide bonds. The number of nitrogens with one attached hydrogen (secondary N) is 1. The molecule has 0 fully saturated rings. The highest BCUT2D eigenvalue weighted by Gasteiger charge is 2.13. The number of thiocarbonyl (C=S) groups is 1. The SMILES string of the molecule is CC(C)(C)c1ccc(NC(=O)CC(N)=S)cc1. The zero-order chi connectivity index (χ0) is 13.1. The molecule has 4 heteroatoms. The Kier molecular flexibility index (Phi) is 4.23. The average Bonchev–Trinajstić information content (AvgIpc) is 2.15. The minimum Gasteiger partial charge on any atom is -0.393 e. The summed E-state index contributed by atoms with van der Waals surface area (Å²) in [7, 11) is 0. The van der Waals surface area contributed by atoms with Crippen LogP contribution in [0.25, 0.3) is 0 Å². The fraction of sp³-hybridized carbons (Fsp3) is 0.385. The van der Waals surface area contributed by atoms with Gasteiger partial charge in [0.1, 0.15) is 0 Å². The van der Waals surface area contributed by atoms with Crippen LogP contribution in [0, 0.1) is 0 Å². The predicted octanol–water partition coefficient (Wildman–Crippen LogP) is 2.60. The fourth-order valence-electron chi connectivity index (χ4n) is 1.42. The van der Waals surface area contributed by atoms with Crippen LogP contribution in [0.1, 0.15) is 32.8 Å². The summed E-state index contributed by atoms with van der Waals surface area (Å²) < 4.78 is 0. The number of benzene rings is 1. The molecule has 17 heavy (non-hydrogen) atoms. The topological polar surface area (TPSA) is 55.1 Å². The maximum atomic E-state index is 11.4. The van der Waals surface area contributed by atoms with Crippen LogP contribution in [0.15, 0.2) is 24.3 Å². The fourth-order valence-corrected chi connectivity index (χ4v) is 1.55. The van der Waals surface area contributed by atoms with Crippen LogP contribution >= 0.6 is 12.2 Å². The summed E-state index contributed by atoms with van der Waals surface area (Å²) >= 11 is 4.67. The summed E-state index contributed by atoms with van der Waals surface area (Å²) in [4.78, 5) is 11.6. The molecular weight excluding hydrogens is 232 g/mol. The molecule has 0 unspecified atom stereocenters. The Labute approximate surface area is 107 Å². The van der Waals surface area contributed by atoms with E-state index in [0.29, 0.717) is 0 Å². The van der Waals surface area contributed by atoms with E-state index in [1.165, 1.54) is 5.56 Å². The van der Waals surface area contributed by atoms with E-state index in [4.69, 9.17) is 5.73 Å². The molecular formula is C13H18N2OS. The van der Waals surface area contributed by atoms with Crippen LogP contribution in [0.2, 0.25) is 0 Å². The molecule has 0 aliphatic rings. The van der Waals surface area contributed by atoms with Gasteiger partial charge in [-0.3, -0.25) is 4.79 Å². The highest BCUT2D eigenvalue weighted by Crippen LogP contribution is 2.23. The number of anilines is 1. The van der Waals surface area contributed by atoms with Crippen LogP contribution in [-0.2, 0) is 10.2 Å². The van der Waals surface area contributed by atoms with Gasteiger partial charge in [0.05, 0.1) is 11.4 Å². The maximum absolute atomic E-state index is 11.4. The first-order chi connectivity index (χ1) is 7.79. The lowest BCUT2D eigenvalue weighted by atomic mass is 9.87. The summed E-state index contributed by atoms with van der Waals surface area (Å²) in [6.45, 7) is 6.44. The van der Waals surface area contributed by atoms with Gasteiger partial charge in [-0.05, 0) is 23.1 Å². The molecule has 0 bridgehead atoms. The molecule has 0 radical (unpaired) electrons. The molecule has 0 spiro atoms. The van der Waals surface area contributed by atoms with Gasteiger partial charge in [-0.1, -0.05) is 45.1 Å². The lowest BCUT2D eigenvalue weighted by molar-refractivity contribution is -0.115. The van der Waals surface area contributed by atoms with E-state index in [0.717, 1.165) is 5.69 Å². The summed E-state index contributed by atoms with van der Waals surface area (Å²) in [5.41, 5.74) is 7.40. The number of carbonyl (C=O) groups is 1. The number of hydrogen-bond donors (Lipinski definition) is 2. The summed E-state index contributed by atoms with van der Waals surface area (Å²) in [6.07, 6.45) is 0.0797. The van der Waals surface area contributed by atoms with Gasteiger partial charge in [-0.15, -0.1) is 0 Å². The molecule has 0 heterocycles. The van der Waals surface area contributed by atoms with Crippen molar-refractivity contribution >= 4 is 28.8 Å². The van der Waals surface area contributed by atoms with Gasteiger partial charge >= 0.3 is 0 Å². The molecule has 0 atom stereocenters. The van der Waals surface area contributed by atoms with Crippen molar-refractivity contribution in [2.24, 2.45) is 5.73 Å². The van der Waals surface area contributed by atoms with Crippen molar-refractivity contribution in [3.8, 4) is 0 Å². The Morgan fingerprint density at radius 2 is 1.82 bits per heavy atom. The number of carbonyl (C=O) groups excluding carboxylic acids is 1. The van der Waals surface area contributed by atoms with E-state index in [1.807, 2.05) is 24.3 Å². The number of amides is 1. The lowest BCUT2D eigenvalue weighted by Gasteiger charge is -2.19. The highest BCUT2D eigenvalue weighted by molar-refractivity contribution is 7.80. The van der Waals surface area contributed by atoms with E-state index in [2.05, 4.69) is 38.3 Å². The van der Waals surface area contributed by atoms with Gasteiger partial charge in [-0.2, -0.15) is 0 Å². The molecule has 3 nitrogen and oxygen atoms in total. The van der Waals surface area contributed by atoms with E-state index in [1.54, 1.807) is 0 Å². The minimum absolute atomic E-state index is 0.0797. The molecule has 0 saturated heterocycles. The number of rotatable bonds is 3. The van der Waals surface area contributed by atoms with Gasteiger partial charge < -0.3 is 11.1 Å². The van der Waals surface area contributed by atoms with E-state index < -0.39 is 0 Å². The van der Waals surface area contributed by atoms with Crippen LogP contribution in [-0.4, -0.2) is 10.9 Å². The average molecular weight is 250 g/mol. The third kappa shape index (κ3) is 4.53. The summed E-state index contributed by atoms with van der Waals surface area (Å²) in [5.74, 6) is -0.180. The zero-order valence-electron chi connectivity index (χ0n) is 10.4. The Balaban J connectivity index is 2.69. The first-order valence-electron chi connectivity index (χ1n) is 5.48. The smallest absolute Gasteiger partial charge is 0.231 e. The van der Waals surface area contributed by atoms with Crippen molar-refractivity contribution < 1.29 is 4.79 Å². The zero-order valence-corrected chi connectivity index (χ0v) is 11.2. The van der Waals surface area contributed by atoms with Gasteiger partial charge in [0.25, 0.3) is 0 Å². The van der Waals surface area contributed by atoms with Crippen molar-refractivity contribution in [2.45, 2.75) is 32.6 Å². The predicted molar refractivity (Wildman–Crippen MR) is 75.2 cm³/mol. The molecule has 0 aromatic heterocycles. The second-order valence-electron chi connectivity index (χ2n) is 5.02. The van der Waals surface area contributed by atoms with Crippen molar-refractivity contribution in [2.75, 3.05) is 5.32 Å². The van der Waals surface area contributed by atoms with Crippen LogP contribution < -0.4 is 11.1 Å². The molecule has 1 aromatic carbocycles. The molecule has 1 rings (SSSR count). The molecule has 92 valence electrons. The molecule has 3 N–H and O–H groups in total. The van der Waals surface area contributed by atoms with E-state index >= 15 is 0 Å². The molecule has 0 aliphatic heterocycles. The van der Waals surface area contributed by atoms with Crippen molar-refractivity contribution in [3.05, 3.63) is 29.8 Å². The second kappa shape index (κ2) is 5.27. The monoisotopic (exact) mass is 250 g/mol. The van der Waals surface area contributed by atoms with Gasteiger partial charge in [0, 0.05) is 5.69 Å². The van der Waals surface area contributed by atoms with Crippen molar-refractivity contribution in [3.63, 3.8) is 0 Å². The first-order valence-corrected chi connectivity index (χ1v) is 5.88. The third-order valence-corrected chi connectivity index (χ3v) is 2.51. The normalized spacial score (nSPS) is 11.0. The van der Waals surface area contributed by atoms with Gasteiger partial charge in [-0.25, -0.2) is 0 Å². The summed E-state index contributed by atoms with van der Waals surface area (Å²) in [5, 5.41) is 2.75. The van der Waals surface area contributed by atoms with Crippen LogP contribution in [0.3, 0.4) is 0 Å². The minimum atomic E-state index is -0.180. The van der Waals surface area contributed by atoms with E-state index in [9.17, 15) is 4.79 Å². The Morgan fingerprint density at radius 1 is 1.29 bits per heavy atom. The quantitative estimate of drug-likeness (QED) is 0.811. The molecule has 0 saturated carbocycles. The Bertz CT molecular complexity index is 418. The highest BCUT2D eigenvalue weighted by atomic mass is 32.1. The first kappa shape index (κ1) is 13.6. The second-order valence-corrected chi connectivity index (χ2v) is 5.54. The van der Waals surface area contributed by atoms with Gasteiger partial charge in [0.2, 0.25) is 5.91 Å². The van der Waals surface area contributed by atoms with Crippen molar-refractivity contribution in [1.29, 1.82) is 0 Å². The largest absolute Gasteiger partial charge is 0.393 e. The summed E-state index contributed by atoms with van der Waals surface area (Å²) in [6, 6.07) is 7.79. The molecule has 1 aromatic rings. The van der Waals surface area contributed by atoms with E-state index in [-0.39, 0.29) is 22.7 Å². The molecule has 0 aliphatic carbocycles. The van der Waals surface area contributed by atoms with Gasteiger partial charge in [0.15, 0.2) is 0 Å². The third-order valence-electron chi connectivity index (χ3n) is 2.37. The van der Waals surface area contributed by atoms with Crippen LogP contribution in [0.5, 0.6) is 0 Å². The number of nitrogens with two attached hydrogens (primary N) is 1.